The normalized spacial score (nSPS) is 16.4. The molecule has 1 N–H and O–H groups in total. The fourth-order valence-electron chi connectivity index (χ4n) is 2.81. The molecule has 6 nitrogen and oxygen atoms in total. The number of hydrogen-bond donors (Lipinski definition) is 1. The fourth-order valence-corrected chi connectivity index (χ4v) is 2.81. The van der Waals surface area contributed by atoms with E-state index >= 15 is 0 Å². The van der Waals surface area contributed by atoms with Gasteiger partial charge in [-0.2, -0.15) is 0 Å². The molecule has 1 heterocycles. The van der Waals surface area contributed by atoms with Crippen molar-refractivity contribution in [3.05, 3.63) is 29.8 Å². The van der Waals surface area contributed by atoms with Crippen LogP contribution in [0, 0.1) is 0 Å². The van der Waals surface area contributed by atoms with Crippen LogP contribution in [-0.2, 0) is 16.0 Å². The van der Waals surface area contributed by atoms with Crippen molar-refractivity contribution >= 4 is 11.8 Å². The Balaban J connectivity index is 1.75. The van der Waals surface area contributed by atoms with E-state index in [1.807, 2.05) is 36.1 Å². The summed E-state index contributed by atoms with van der Waals surface area (Å²) in [6, 6.07) is 7.80. The Labute approximate surface area is 150 Å². The van der Waals surface area contributed by atoms with Gasteiger partial charge in [0.25, 0.3) is 0 Å². The standard InChI is InChI=1S/C19H29N3O3/c1-4-15(2)20-18(23)14-21-9-11-22(12-10-21)19(24)13-16-5-7-17(25-3)8-6-16/h5-8,15H,4,9-14H2,1-3H3,(H,20,23). The lowest BCUT2D eigenvalue weighted by atomic mass is 10.1. The molecule has 0 radical (unpaired) electrons. The number of nitrogens with zero attached hydrogens (tertiary/aromatic N) is 2. The molecule has 0 aromatic heterocycles. The monoisotopic (exact) mass is 347 g/mol. The Morgan fingerprint density at radius 3 is 2.36 bits per heavy atom. The van der Waals surface area contributed by atoms with Gasteiger partial charge in [-0.25, -0.2) is 0 Å². The minimum atomic E-state index is 0.0624. The van der Waals surface area contributed by atoms with Gasteiger partial charge in [0.15, 0.2) is 0 Å². The second kappa shape index (κ2) is 9.42. The average Bonchev–Trinajstić information content (AvgIpc) is 2.62. The molecule has 2 amide bonds. The van der Waals surface area contributed by atoms with Crippen molar-refractivity contribution in [2.24, 2.45) is 0 Å². The summed E-state index contributed by atoms with van der Waals surface area (Å²) in [5.41, 5.74) is 0.987. The fraction of sp³-hybridized carbons (Fsp3) is 0.579. The molecule has 1 atom stereocenters. The van der Waals surface area contributed by atoms with E-state index < -0.39 is 0 Å². The van der Waals surface area contributed by atoms with Gasteiger partial charge in [0, 0.05) is 32.2 Å². The van der Waals surface area contributed by atoms with E-state index in [1.54, 1.807) is 7.11 Å². The number of carbonyl (C=O) groups excluding carboxylic acids is 2. The van der Waals surface area contributed by atoms with Crippen molar-refractivity contribution < 1.29 is 14.3 Å². The summed E-state index contributed by atoms with van der Waals surface area (Å²) < 4.78 is 5.13. The minimum Gasteiger partial charge on any atom is -0.497 e. The third-order valence-electron chi connectivity index (χ3n) is 4.63. The Bertz CT molecular complexity index is 566. The van der Waals surface area contributed by atoms with Crippen LogP contribution in [0.2, 0.25) is 0 Å². The number of rotatable bonds is 7. The van der Waals surface area contributed by atoms with Gasteiger partial charge < -0.3 is 15.0 Å². The van der Waals surface area contributed by atoms with Crippen LogP contribution in [0.4, 0.5) is 0 Å². The van der Waals surface area contributed by atoms with Crippen LogP contribution in [0.15, 0.2) is 24.3 Å². The first kappa shape index (κ1) is 19.2. The number of amides is 2. The van der Waals surface area contributed by atoms with Crippen LogP contribution >= 0.6 is 0 Å². The third-order valence-corrected chi connectivity index (χ3v) is 4.63. The highest BCUT2D eigenvalue weighted by atomic mass is 16.5. The molecule has 0 saturated carbocycles. The maximum atomic E-state index is 12.4. The highest BCUT2D eigenvalue weighted by Gasteiger charge is 2.22. The Morgan fingerprint density at radius 1 is 1.16 bits per heavy atom. The number of benzene rings is 1. The van der Waals surface area contributed by atoms with E-state index in [0.717, 1.165) is 30.8 Å². The summed E-state index contributed by atoms with van der Waals surface area (Å²) in [5.74, 6) is 0.988. The summed E-state index contributed by atoms with van der Waals surface area (Å²) >= 11 is 0. The Hall–Kier alpha value is -2.08. The van der Waals surface area contributed by atoms with E-state index in [0.29, 0.717) is 26.1 Å². The zero-order chi connectivity index (χ0) is 18.2. The van der Waals surface area contributed by atoms with Crippen LogP contribution < -0.4 is 10.1 Å². The van der Waals surface area contributed by atoms with E-state index in [4.69, 9.17) is 4.74 Å². The highest BCUT2D eigenvalue weighted by Crippen LogP contribution is 2.13. The molecule has 0 aliphatic carbocycles. The number of carbonyl (C=O) groups is 2. The van der Waals surface area contributed by atoms with Gasteiger partial charge in [-0.15, -0.1) is 0 Å². The molecule has 2 rings (SSSR count). The first-order valence-electron chi connectivity index (χ1n) is 8.94. The molecular formula is C19H29N3O3. The van der Waals surface area contributed by atoms with E-state index in [2.05, 4.69) is 17.1 Å². The van der Waals surface area contributed by atoms with Crippen molar-refractivity contribution in [3.8, 4) is 5.75 Å². The maximum Gasteiger partial charge on any atom is 0.234 e. The summed E-state index contributed by atoms with van der Waals surface area (Å²) in [5, 5.41) is 2.98. The smallest absolute Gasteiger partial charge is 0.234 e. The molecule has 1 aromatic rings. The summed E-state index contributed by atoms with van der Waals surface area (Å²) in [7, 11) is 1.63. The molecule has 0 bridgehead atoms. The zero-order valence-electron chi connectivity index (χ0n) is 15.5. The van der Waals surface area contributed by atoms with Crippen LogP contribution in [0.1, 0.15) is 25.8 Å². The number of hydrogen-bond acceptors (Lipinski definition) is 4. The second-order valence-electron chi connectivity index (χ2n) is 6.56. The summed E-state index contributed by atoms with van der Waals surface area (Å²) in [4.78, 5) is 28.4. The molecule has 1 unspecified atom stereocenters. The molecule has 1 fully saturated rings. The highest BCUT2D eigenvalue weighted by molar-refractivity contribution is 5.79. The number of methoxy groups -OCH3 is 1. The van der Waals surface area contributed by atoms with Crippen molar-refractivity contribution in [3.63, 3.8) is 0 Å². The molecule has 1 aromatic carbocycles. The lowest BCUT2D eigenvalue weighted by Crippen LogP contribution is -2.52. The van der Waals surface area contributed by atoms with Gasteiger partial charge in [0.1, 0.15) is 5.75 Å². The van der Waals surface area contributed by atoms with Crippen molar-refractivity contribution in [1.29, 1.82) is 0 Å². The third kappa shape index (κ3) is 6.05. The largest absolute Gasteiger partial charge is 0.497 e. The van der Waals surface area contributed by atoms with E-state index in [9.17, 15) is 9.59 Å². The Morgan fingerprint density at radius 2 is 1.80 bits per heavy atom. The SMILES string of the molecule is CCC(C)NC(=O)CN1CCN(C(=O)Cc2ccc(OC)cc2)CC1. The van der Waals surface area contributed by atoms with Crippen molar-refractivity contribution in [1.82, 2.24) is 15.1 Å². The Kier molecular flexibility index (Phi) is 7.25. The topological polar surface area (TPSA) is 61.9 Å². The quantitative estimate of drug-likeness (QED) is 0.808. The van der Waals surface area contributed by atoms with Gasteiger partial charge >= 0.3 is 0 Å². The van der Waals surface area contributed by atoms with Gasteiger partial charge in [0.05, 0.1) is 20.1 Å². The molecule has 1 aliphatic rings. The first-order chi connectivity index (χ1) is 12.0. The maximum absolute atomic E-state index is 12.4. The minimum absolute atomic E-state index is 0.0624. The van der Waals surface area contributed by atoms with Crippen LogP contribution in [0.5, 0.6) is 5.75 Å². The first-order valence-corrected chi connectivity index (χ1v) is 8.94. The van der Waals surface area contributed by atoms with Gasteiger partial charge in [-0.3, -0.25) is 14.5 Å². The lowest BCUT2D eigenvalue weighted by molar-refractivity contribution is -0.132. The molecule has 1 aliphatic heterocycles. The van der Waals surface area contributed by atoms with Gasteiger partial charge in [-0.1, -0.05) is 19.1 Å². The van der Waals surface area contributed by atoms with Crippen LogP contribution in [-0.4, -0.2) is 67.5 Å². The molecule has 0 spiro atoms. The zero-order valence-corrected chi connectivity index (χ0v) is 15.5. The second-order valence-corrected chi connectivity index (χ2v) is 6.56. The van der Waals surface area contributed by atoms with E-state index in [1.165, 1.54) is 0 Å². The number of nitrogens with one attached hydrogen (secondary N) is 1. The van der Waals surface area contributed by atoms with Gasteiger partial charge in [-0.05, 0) is 31.0 Å². The predicted octanol–water partition coefficient (Wildman–Crippen LogP) is 1.30. The molecular weight excluding hydrogens is 318 g/mol. The summed E-state index contributed by atoms with van der Waals surface area (Å²) in [6.07, 6.45) is 1.33. The van der Waals surface area contributed by atoms with Crippen molar-refractivity contribution in [2.45, 2.75) is 32.7 Å². The lowest BCUT2D eigenvalue weighted by Gasteiger charge is -2.34. The van der Waals surface area contributed by atoms with E-state index in [-0.39, 0.29) is 17.9 Å². The summed E-state index contributed by atoms with van der Waals surface area (Å²) in [6.45, 7) is 7.29. The molecule has 1 saturated heterocycles. The molecule has 6 heteroatoms. The predicted molar refractivity (Wildman–Crippen MR) is 97.6 cm³/mol. The molecule has 25 heavy (non-hydrogen) atoms. The average molecular weight is 347 g/mol. The number of ether oxygens (including phenoxy) is 1. The molecule has 138 valence electrons. The number of piperazine rings is 1. The van der Waals surface area contributed by atoms with Crippen LogP contribution in [0.25, 0.3) is 0 Å². The van der Waals surface area contributed by atoms with Crippen LogP contribution in [0.3, 0.4) is 0 Å². The van der Waals surface area contributed by atoms with Gasteiger partial charge in [0.2, 0.25) is 11.8 Å². The van der Waals surface area contributed by atoms with Crippen molar-refractivity contribution in [2.75, 3.05) is 39.8 Å².